The predicted molar refractivity (Wildman–Crippen MR) is 138 cm³/mol. The number of alkyl halides is 3. The Labute approximate surface area is 242 Å². The van der Waals surface area contributed by atoms with E-state index >= 15 is 0 Å². The topological polar surface area (TPSA) is 162 Å². The van der Waals surface area contributed by atoms with Gasteiger partial charge in [0.25, 0.3) is 26.1 Å². The van der Waals surface area contributed by atoms with Gasteiger partial charge in [-0.1, -0.05) is 0 Å². The van der Waals surface area contributed by atoms with Gasteiger partial charge in [0.1, 0.15) is 29.1 Å². The van der Waals surface area contributed by atoms with E-state index in [2.05, 4.69) is 10.1 Å². The minimum atomic E-state index is -5.39. The molecular weight excluding hydrogens is 880 g/mol. The number of fused-ring (bicyclic) bond motifs is 1. The Kier molecular flexibility index (Phi) is 7.90. The van der Waals surface area contributed by atoms with Crippen molar-refractivity contribution in [3.05, 3.63) is 28.4 Å². The number of rotatable bonds is 6. The normalized spacial score (nSPS) is 31.3. The highest BCUT2D eigenvalue weighted by Gasteiger charge is 2.73. The summed E-state index contributed by atoms with van der Waals surface area (Å²) in [4.78, 5) is 25.8. The summed E-state index contributed by atoms with van der Waals surface area (Å²) in [6, 6.07) is 2.14. The van der Waals surface area contributed by atoms with E-state index < -0.39 is 85.7 Å². The third-order valence-electron chi connectivity index (χ3n) is 5.75. The van der Waals surface area contributed by atoms with Crippen LogP contribution in [0.15, 0.2) is 12.1 Å². The van der Waals surface area contributed by atoms with Crippen LogP contribution in [0.4, 0.5) is 13.2 Å². The van der Waals surface area contributed by atoms with Gasteiger partial charge in [0.05, 0.1) is 17.7 Å². The van der Waals surface area contributed by atoms with Crippen molar-refractivity contribution in [3.8, 4) is 0 Å². The maximum absolute atomic E-state index is 13.3. The van der Waals surface area contributed by atoms with Crippen LogP contribution in [0.5, 0.6) is 0 Å². The third kappa shape index (κ3) is 5.48. The second kappa shape index (κ2) is 9.83. The van der Waals surface area contributed by atoms with Crippen molar-refractivity contribution in [2.75, 3.05) is 5.75 Å². The molecule has 3 aliphatic rings. The average Bonchev–Trinajstić information content (AvgIpc) is 3.31. The molecule has 4 rings (SSSR count). The molecule has 3 heterocycles. The fraction of sp³-hybridized carbons (Fsp3) is 0.529. The maximum Gasteiger partial charge on any atom is 0.426 e. The van der Waals surface area contributed by atoms with Crippen molar-refractivity contribution in [2.24, 2.45) is 5.92 Å². The van der Waals surface area contributed by atoms with Gasteiger partial charge >= 0.3 is 12.1 Å². The molecular formula is C17H13F3I3NO10S2. The molecule has 3 saturated heterocycles. The molecule has 0 saturated carbocycles. The number of nitrogens with one attached hydrogen (secondary N) is 1. The van der Waals surface area contributed by atoms with Crippen LogP contribution in [0.2, 0.25) is 0 Å². The van der Waals surface area contributed by atoms with Crippen molar-refractivity contribution >= 4 is 99.9 Å². The van der Waals surface area contributed by atoms with Crippen molar-refractivity contribution in [3.63, 3.8) is 0 Å². The summed E-state index contributed by atoms with van der Waals surface area (Å²) in [5, 5.41) is 0.847. The summed E-state index contributed by atoms with van der Waals surface area (Å²) in [5.74, 6) is -6.22. The molecule has 11 nitrogen and oxygen atoms in total. The number of benzene rings is 1. The largest absolute Gasteiger partial charge is 0.451 e. The Morgan fingerprint density at radius 1 is 1.17 bits per heavy atom. The van der Waals surface area contributed by atoms with E-state index in [4.69, 9.17) is 13.5 Å². The van der Waals surface area contributed by atoms with E-state index in [0.717, 1.165) is 7.14 Å². The highest BCUT2D eigenvalue weighted by molar-refractivity contribution is 14.1. The fourth-order valence-electron chi connectivity index (χ4n) is 4.36. The SMILES string of the molecule is O=C(NC1C2OS(=O)(=O)C3C2OC1C3C(=O)OC(CS(=O)(=O)O)C(F)(F)F)c1cc(I)cc(I)c1I. The number of carbonyl (C=O) groups excluding carboxylic acids is 2. The molecule has 1 amide bonds. The number of ether oxygens (including phenoxy) is 2. The zero-order valence-electron chi connectivity index (χ0n) is 17.1. The van der Waals surface area contributed by atoms with E-state index in [9.17, 15) is 39.6 Å². The van der Waals surface area contributed by atoms with Crippen LogP contribution in [-0.2, 0) is 38.7 Å². The standard InChI is InChI=1S/C17H13F3I3NO10S2/c18-17(19,20)7(3-35(27,28)29)32-16(26)8-11-10(12-13(33-11)14(8)36(30,31)34-12)24-15(25)5-1-4(21)2-6(22)9(5)23/h1-2,7-8,10-14H,3H2,(H,24,25)(H,27,28,29). The van der Waals surface area contributed by atoms with Crippen LogP contribution >= 0.6 is 67.8 Å². The molecule has 2 N–H and O–H groups in total. The van der Waals surface area contributed by atoms with Gasteiger partial charge < -0.3 is 14.8 Å². The average molecular weight is 893 g/mol. The van der Waals surface area contributed by atoms with E-state index in [1.807, 2.05) is 73.8 Å². The lowest BCUT2D eigenvalue weighted by molar-refractivity contribution is -0.218. The van der Waals surface area contributed by atoms with E-state index in [0.29, 0.717) is 3.57 Å². The van der Waals surface area contributed by atoms with Crippen LogP contribution in [0.3, 0.4) is 0 Å². The molecule has 7 atom stereocenters. The molecule has 7 unspecified atom stereocenters. The monoisotopic (exact) mass is 893 g/mol. The number of hydrogen-bond donors (Lipinski definition) is 2. The summed E-state index contributed by atoms with van der Waals surface area (Å²) in [6.45, 7) is 0. The van der Waals surface area contributed by atoms with Gasteiger partial charge in [0.15, 0.2) is 0 Å². The van der Waals surface area contributed by atoms with Crippen LogP contribution in [0.25, 0.3) is 0 Å². The molecule has 0 spiro atoms. The number of hydrogen-bond acceptors (Lipinski definition) is 9. The molecule has 1 aromatic carbocycles. The lowest BCUT2D eigenvalue weighted by Crippen LogP contribution is -2.56. The van der Waals surface area contributed by atoms with E-state index in [1.165, 1.54) is 0 Å². The summed E-state index contributed by atoms with van der Waals surface area (Å²) in [6.07, 6.45) is -12.6. The molecule has 0 aliphatic carbocycles. The van der Waals surface area contributed by atoms with Crippen molar-refractivity contribution < 1.29 is 57.8 Å². The number of halogens is 6. The number of esters is 1. The maximum atomic E-state index is 13.3. The van der Waals surface area contributed by atoms with Crippen LogP contribution < -0.4 is 5.32 Å². The van der Waals surface area contributed by atoms with Crippen molar-refractivity contribution in [2.45, 2.75) is 41.9 Å². The molecule has 0 aromatic heterocycles. The third-order valence-corrected chi connectivity index (χ3v) is 11.9. The molecule has 1 aromatic rings. The van der Waals surface area contributed by atoms with E-state index in [1.54, 1.807) is 6.07 Å². The molecule has 19 heteroatoms. The summed E-state index contributed by atoms with van der Waals surface area (Å²) in [5.41, 5.74) is 0.233. The van der Waals surface area contributed by atoms with Gasteiger partial charge in [-0.25, -0.2) is 0 Å². The molecule has 0 radical (unpaired) electrons. The number of carbonyl (C=O) groups is 2. The molecule has 3 aliphatic heterocycles. The zero-order chi connectivity index (χ0) is 27.0. The minimum absolute atomic E-state index is 0.233. The Bertz CT molecular complexity index is 1340. The van der Waals surface area contributed by atoms with Gasteiger partial charge in [0, 0.05) is 10.7 Å². The van der Waals surface area contributed by atoms with Gasteiger partial charge in [-0.15, -0.1) is 0 Å². The highest BCUT2D eigenvalue weighted by Crippen LogP contribution is 2.51. The predicted octanol–water partition coefficient (Wildman–Crippen LogP) is 1.46. The number of amides is 1. The molecule has 2 bridgehead atoms. The highest BCUT2D eigenvalue weighted by atomic mass is 127. The molecule has 200 valence electrons. The first-order chi connectivity index (χ1) is 16.4. The lowest BCUT2D eigenvalue weighted by atomic mass is 9.83. The Hall–Kier alpha value is -0.0800. The Morgan fingerprint density at radius 2 is 1.81 bits per heavy atom. The van der Waals surface area contributed by atoms with Crippen molar-refractivity contribution in [1.82, 2.24) is 5.32 Å². The lowest BCUT2D eigenvalue weighted by Gasteiger charge is -2.29. The smallest absolute Gasteiger partial charge is 0.426 e. The minimum Gasteiger partial charge on any atom is -0.451 e. The molecule has 36 heavy (non-hydrogen) atoms. The van der Waals surface area contributed by atoms with Gasteiger partial charge in [0.2, 0.25) is 6.10 Å². The van der Waals surface area contributed by atoms with Crippen LogP contribution in [0.1, 0.15) is 10.4 Å². The first-order valence-electron chi connectivity index (χ1n) is 9.66. The molecule has 3 fully saturated rings. The van der Waals surface area contributed by atoms with Gasteiger partial charge in [-0.2, -0.15) is 30.0 Å². The second-order valence-corrected chi connectivity index (χ2v) is 14.8. The summed E-state index contributed by atoms with van der Waals surface area (Å²) < 4.78 is 113. The van der Waals surface area contributed by atoms with Gasteiger partial charge in [-0.05, 0) is 79.9 Å². The first kappa shape index (κ1) is 28.9. The fourth-order valence-corrected chi connectivity index (χ4v) is 9.24. The quantitative estimate of drug-likeness (QED) is 0.141. The Morgan fingerprint density at radius 3 is 2.39 bits per heavy atom. The summed E-state index contributed by atoms with van der Waals surface area (Å²) >= 11 is 5.95. The van der Waals surface area contributed by atoms with Crippen LogP contribution in [0, 0.1) is 16.6 Å². The Balaban J connectivity index is 1.63. The van der Waals surface area contributed by atoms with Gasteiger partial charge in [-0.3, -0.25) is 18.3 Å². The van der Waals surface area contributed by atoms with Crippen molar-refractivity contribution in [1.29, 1.82) is 0 Å². The first-order valence-corrected chi connectivity index (χ1v) is 16.0. The second-order valence-electron chi connectivity index (χ2n) is 8.07. The zero-order valence-corrected chi connectivity index (χ0v) is 25.2. The van der Waals surface area contributed by atoms with E-state index in [-0.39, 0.29) is 5.56 Å². The summed E-state index contributed by atoms with van der Waals surface area (Å²) in [7, 11) is -9.74. The van der Waals surface area contributed by atoms with Crippen LogP contribution in [-0.4, -0.2) is 80.9 Å².